The zero-order valence-electron chi connectivity index (χ0n) is 18.1. The topological polar surface area (TPSA) is 81.3 Å². The average molecular weight is 428 g/mol. The van der Waals surface area contributed by atoms with E-state index >= 15 is 0 Å². The first-order valence-corrected chi connectivity index (χ1v) is 10.3. The van der Waals surface area contributed by atoms with Crippen LogP contribution in [-0.4, -0.2) is 29.7 Å². The normalized spacial score (nSPS) is 11.1. The van der Waals surface area contributed by atoms with Crippen LogP contribution in [0.5, 0.6) is 0 Å². The van der Waals surface area contributed by atoms with Crippen LogP contribution in [0.3, 0.4) is 0 Å². The van der Waals surface area contributed by atoms with E-state index in [9.17, 15) is 14.9 Å². The van der Waals surface area contributed by atoms with Crippen LogP contribution >= 0.6 is 0 Å². The fraction of sp³-hybridized carbons (Fsp3) is 0.192. The highest BCUT2D eigenvalue weighted by Crippen LogP contribution is 2.35. The molecule has 0 atom stereocenters. The van der Waals surface area contributed by atoms with Gasteiger partial charge in [0, 0.05) is 28.6 Å². The van der Waals surface area contributed by atoms with Crippen molar-refractivity contribution < 1.29 is 19.1 Å². The van der Waals surface area contributed by atoms with Gasteiger partial charge in [0.05, 0.1) is 5.69 Å². The summed E-state index contributed by atoms with van der Waals surface area (Å²) < 4.78 is 12.2. The number of aryl methyl sites for hydroxylation is 1. The summed E-state index contributed by atoms with van der Waals surface area (Å²) >= 11 is 0. The minimum absolute atomic E-state index is 0.111. The summed E-state index contributed by atoms with van der Waals surface area (Å²) in [4.78, 5) is 24.0. The molecule has 1 aromatic heterocycles. The molecule has 0 amide bonds. The number of nitrogens with zero attached hydrogens (tertiary/aromatic N) is 2. The third kappa shape index (κ3) is 4.79. The highest BCUT2D eigenvalue weighted by atomic mass is 16.6. The van der Waals surface area contributed by atoms with Crippen LogP contribution in [0.25, 0.3) is 28.2 Å². The number of carbonyl (C=O) groups excluding carboxylic acids is 2. The maximum Gasteiger partial charge on any atom is 0.349 e. The standard InChI is InChI=1S/C26H24N2O4/c1-4-28-23-13-9-8-12-21(23)22(24(28)19-10-6-5-7-11-19)16-20(17-27)26(30)32-15-14-31-25(29)18(2)3/h5-13,16H,2,4,14-15H2,1,3H3/b20-16+. The van der Waals surface area contributed by atoms with Crippen LogP contribution in [-0.2, 0) is 25.6 Å². The van der Waals surface area contributed by atoms with Crippen molar-refractivity contribution in [2.24, 2.45) is 0 Å². The number of benzene rings is 2. The summed E-state index contributed by atoms with van der Waals surface area (Å²) in [5, 5.41) is 10.6. The summed E-state index contributed by atoms with van der Waals surface area (Å²) in [6, 6.07) is 19.7. The zero-order chi connectivity index (χ0) is 23.1. The second kappa shape index (κ2) is 10.3. The Morgan fingerprint density at radius 3 is 2.28 bits per heavy atom. The molecule has 0 aliphatic carbocycles. The quantitative estimate of drug-likeness (QED) is 0.221. The molecule has 3 rings (SSSR count). The molecule has 6 heteroatoms. The summed E-state index contributed by atoms with van der Waals surface area (Å²) in [7, 11) is 0. The van der Waals surface area contributed by atoms with Crippen molar-refractivity contribution in [3.63, 3.8) is 0 Å². The first-order chi connectivity index (χ1) is 15.5. The molecule has 0 aliphatic heterocycles. The summed E-state index contributed by atoms with van der Waals surface area (Å²) in [6.45, 7) is 7.53. The van der Waals surface area contributed by atoms with Crippen LogP contribution in [0, 0.1) is 11.3 Å². The van der Waals surface area contributed by atoms with Crippen molar-refractivity contribution >= 4 is 28.9 Å². The van der Waals surface area contributed by atoms with E-state index < -0.39 is 11.9 Å². The van der Waals surface area contributed by atoms with Gasteiger partial charge in [0.2, 0.25) is 0 Å². The second-order valence-corrected chi connectivity index (χ2v) is 7.11. The van der Waals surface area contributed by atoms with Gasteiger partial charge in [-0.05, 0) is 31.6 Å². The molecular weight excluding hydrogens is 404 g/mol. The van der Waals surface area contributed by atoms with Crippen molar-refractivity contribution in [3.05, 3.63) is 77.9 Å². The highest BCUT2D eigenvalue weighted by molar-refractivity contribution is 6.04. The number of aromatic nitrogens is 1. The SMILES string of the molecule is C=C(C)C(=O)OCCOC(=O)/C(C#N)=C/c1c(-c2ccccc2)n(CC)c2ccccc12. The second-order valence-electron chi connectivity index (χ2n) is 7.11. The maximum absolute atomic E-state index is 12.5. The minimum Gasteiger partial charge on any atom is -0.459 e. The first kappa shape index (κ1) is 22.6. The van der Waals surface area contributed by atoms with Crippen LogP contribution in [0.1, 0.15) is 19.4 Å². The molecule has 3 aromatic rings. The van der Waals surface area contributed by atoms with Gasteiger partial charge in [0.25, 0.3) is 0 Å². The number of hydrogen-bond acceptors (Lipinski definition) is 5. The maximum atomic E-state index is 12.5. The van der Waals surface area contributed by atoms with E-state index in [4.69, 9.17) is 9.47 Å². The number of ether oxygens (including phenoxy) is 2. The Morgan fingerprint density at radius 1 is 1.03 bits per heavy atom. The summed E-state index contributed by atoms with van der Waals surface area (Å²) in [6.07, 6.45) is 1.57. The molecule has 0 saturated heterocycles. The molecule has 0 bridgehead atoms. The largest absolute Gasteiger partial charge is 0.459 e. The van der Waals surface area contributed by atoms with Crippen LogP contribution in [0.15, 0.2) is 72.3 Å². The first-order valence-electron chi connectivity index (χ1n) is 10.3. The van der Waals surface area contributed by atoms with Gasteiger partial charge in [-0.3, -0.25) is 0 Å². The molecule has 162 valence electrons. The van der Waals surface area contributed by atoms with E-state index in [0.717, 1.165) is 34.3 Å². The van der Waals surface area contributed by atoms with E-state index in [1.807, 2.05) is 60.7 Å². The molecule has 0 spiro atoms. The number of para-hydroxylation sites is 1. The Labute approximate surface area is 187 Å². The van der Waals surface area contributed by atoms with E-state index in [1.165, 1.54) is 6.92 Å². The molecule has 1 heterocycles. The lowest BCUT2D eigenvalue weighted by Crippen LogP contribution is -2.15. The van der Waals surface area contributed by atoms with Crippen molar-refractivity contribution in [1.82, 2.24) is 4.57 Å². The third-order valence-corrected chi connectivity index (χ3v) is 4.90. The van der Waals surface area contributed by atoms with Gasteiger partial charge in [-0.25, -0.2) is 9.59 Å². The van der Waals surface area contributed by atoms with Crippen molar-refractivity contribution in [1.29, 1.82) is 5.26 Å². The van der Waals surface area contributed by atoms with Gasteiger partial charge < -0.3 is 14.0 Å². The molecule has 0 N–H and O–H groups in total. The fourth-order valence-electron chi connectivity index (χ4n) is 3.46. The lowest BCUT2D eigenvalue weighted by molar-refractivity contribution is -0.147. The van der Waals surface area contributed by atoms with Crippen molar-refractivity contribution in [2.45, 2.75) is 20.4 Å². The third-order valence-electron chi connectivity index (χ3n) is 4.90. The van der Waals surface area contributed by atoms with Gasteiger partial charge in [-0.15, -0.1) is 0 Å². The van der Waals surface area contributed by atoms with Gasteiger partial charge in [0.1, 0.15) is 24.9 Å². The lowest BCUT2D eigenvalue weighted by Gasteiger charge is -2.10. The number of hydrogen-bond donors (Lipinski definition) is 0. The van der Waals surface area contributed by atoms with Crippen molar-refractivity contribution in [3.8, 4) is 17.3 Å². The van der Waals surface area contributed by atoms with Crippen LogP contribution in [0.2, 0.25) is 0 Å². The predicted octanol–water partition coefficient (Wildman–Crippen LogP) is 4.90. The summed E-state index contributed by atoms with van der Waals surface area (Å²) in [5.74, 6) is -1.33. The fourth-order valence-corrected chi connectivity index (χ4v) is 3.46. The van der Waals surface area contributed by atoms with E-state index in [1.54, 1.807) is 6.08 Å². The van der Waals surface area contributed by atoms with Crippen LogP contribution < -0.4 is 0 Å². The monoisotopic (exact) mass is 428 g/mol. The average Bonchev–Trinajstić information content (AvgIpc) is 3.13. The van der Waals surface area contributed by atoms with Crippen molar-refractivity contribution in [2.75, 3.05) is 13.2 Å². The number of rotatable bonds is 8. The number of esters is 2. The van der Waals surface area contributed by atoms with Crippen LogP contribution in [0.4, 0.5) is 0 Å². The number of carbonyl (C=O) groups is 2. The molecule has 6 nitrogen and oxygen atoms in total. The Bertz CT molecular complexity index is 1230. The van der Waals surface area contributed by atoms with Gasteiger partial charge in [0.15, 0.2) is 0 Å². The molecule has 0 radical (unpaired) electrons. The minimum atomic E-state index is -0.772. The zero-order valence-corrected chi connectivity index (χ0v) is 18.1. The highest BCUT2D eigenvalue weighted by Gasteiger charge is 2.19. The number of fused-ring (bicyclic) bond motifs is 1. The van der Waals surface area contributed by atoms with Gasteiger partial charge in [-0.1, -0.05) is 55.1 Å². The van der Waals surface area contributed by atoms with E-state index in [0.29, 0.717) is 0 Å². The Morgan fingerprint density at radius 2 is 1.66 bits per heavy atom. The predicted molar refractivity (Wildman–Crippen MR) is 123 cm³/mol. The molecule has 0 aliphatic rings. The molecular formula is C26H24N2O4. The Balaban J connectivity index is 1.97. The summed E-state index contributed by atoms with van der Waals surface area (Å²) in [5.41, 5.74) is 3.81. The van der Waals surface area contributed by atoms with E-state index in [2.05, 4.69) is 18.1 Å². The molecule has 32 heavy (non-hydrogen) atoms. The molecule has 2 aromatic carbocycles. The lowest BCUT2D eigenvalue weighted by atomic mass is 10.0. The Hall–Kier alpha value is -4.11. The number of nitriles is 1. The molecule has 0 saturated carbocycles. The Kier molecular flexibility index (Phi) is 7.25. The van der Waals surface area contributed by atoms with Gasteiger partial charge in [-0.2, -0.15) is 5.26 Å². The smallest absolute Gasteiger partial charge is 0.349 e. The van der Waals surface area contributed by atoms with E-state index in [-0.39, 0.29) is 24.4 Å². The molecule has 0 unspecified atom stereocenters. The van der Waals surface area contributed by atoms with Gasteiger partial charge >= 0.3 is 11.9 Å². The molecule has 0 fully saturated rings.